The third kappa shape index (κ3) is 3.89. The van der Waals surface area contributed by atoms with Gasteiger partial charge in [0.1, 0.15) is 5.82 Å². The summed E-state index contributed by atoms with van der Waals surface area (Å²) in [5.41, 5.74) is 1.23. The molecule has 2 saturated heterocycles. The lowest BCUT2D eigenvalue weighted by Crippen LogP contribution is -2.56. The Balaban J connectivity index is 1.52. The number of amides is 1. The van der Waals surface area contributed by atoms with Crippen molar-refractivity contribution in [2.75, 3.05) is 43.9 Å². The van der Waals surface area contributed by atoms with Crippen LogP contribution < -0.4 is 4.90 Å². The number of piperazine rings is 1. The zero-order valence-electron chi connectivity index (χ0n) is 19.0. The Morgan fingerprint density at radius 1 is 1.18 bits per heavy atom. The molecule has 1 amide bonds. The van der Waals surface area contributed by atoms with E-state index in [2.05, 4.69) is 16.0 Å². The minimum atomic E-state index is -1.06. The Hall–Kier alpha value is -2.57. The Labute approximate surface area is 195 Å². The first-order valence-corrected chi connectivity index (χ1v) is 12.9. The number of hydrogen-bond donors (Lipinski definition) is 0. The second-order valence-electron chi connectivity index (χ2n) is 9.82. The number of nitriles is 1. The number of benzene rings is 1. The van der Waals surface area contributed by atoms with Crippen LogP contribution in [0.3, 0.4) is 0 Å². The number of carbonyl (C=O) groups excluding carboxylic acids is 1. The van der Waals surface area contributed by atoms with Crippen LogP contribution in [0.2, 0.25) is 0 Å². The number of carbonyl (C=O) groups is 1. The van der Waals surface area contributed by atoms with Gasteiger partial charge in [0, 0.05) is 50.6 Å². The van der Waals surface area contributed by atoms with Crippen molar-refractivity contribution in [1.82, 2.24) is 14.2 Å². The molecule has 7 nitrogen and oxygen atoms in total. The van der Waals surface area contributed by atoms with Gasteiger partial charge in [-0.05, 0) is 50.8 Å². The van der Waals surface area contributed by atoms with Crippen molar-refractivity contribution in [1.29, 1.82) is 5.26 Å². The van der Waals surface area contributed by atoms with Gasteiger partial charge in [-0.3, -0.25) is 9.78 Å². The van der Waals surface area contributed by atoms with Gasteiger partial charge in [0.05, 0.1) is 44.8 Å². The zero-order valence-corrected chi connectivity index (χ0v) is 19.8. The highest BCUT2D eigenvalue weighted by Gasteiger charge is 2.53. The number of hydrogen-bond acceptors (Lipinski definition) is 5. The fourth-order valence-electron chi connectivity index (χ4n) is 5.24. The maximum atomic E-state index is 14.3. The first-order chi connectivity index (χ1) is 15.8. The van der Waals surface area contributed by atoms with Crippen LogP contribution in [0, 0.1) is 22.6 Å². The molecule has 0 bridgehead atoms. The van der Waals surface area contributed by atoms with Gasteiger partial charge in [-0.15, -0.1) is 0 Å². The molecule has 3 heterocycles. The van der Waals surface area contributed by atoms with Crippen LogP contribution in [0.25, 0.3) is 10.9 Å². The molecule has 1 atom stereocenters. The second-order valence-corrected chi connectivity index (χ2v) is 11.1. The van der Waals surface area contributed by atoms with Gasteiger partial charge >= 0.3 is 0 Å². The predicted octanol–water partition coefficient (Wildman–Crippen LogP) is 3.09. The van der Waals surface area contributed by atoms with Crippen LogP contribution >= 0.6 is 0 Å². The van der Waals surface area contributed by atoms with E-state index in [1.165, 1.54) is 12.1 Å². The highest BCUT2D eigenvalue weighted by molar-refractivity contribution is 7.81. The minimum absolute atomic E-state index is 0.120. The van der Waals surface area contributed by atoms with E-state index in [0.717, 1.165) is 12.8 Å². The Morgan fingerprint density at radius 2 is 1.91 bits per heavy atom. The Kier molecular flexibility index (Phi) is 5.41. The van der Waals surface area contributed by atoms with Crippen LogP contribution in [0.5, 0.6) is 0 Å². The summed E-state index contributed by atoms with van der Waals surface area (Å²) in [4.78, 5) is 22.2. The van der Waals surface area contributed by atoms with Crippen LogP contribution in [0.15, 0.2) is 24.4 Å². The summed E-state index contributed by atoms with van der Waals surface area (Å²) in [5, 5.41) is 10.2. The van der Waals surface area contributed by atoms with Gasteiger partial charge < -0.3 is 9.80 Å². The van der Waals surface area contributed by atoms with E-state index in [0.29, 0.717) is 67.7 Å². The summed E-state index contributed by atoms with van der Waals surface area (Å²) in [6, 6.07) is 6.88. The number of rotatable bonds is 3. The Bertz CT molecular complexity index is 1180. The number of pyridine rings is 1. The lowest BCUT2D eigenvalue weighted by Gasteiger charge is -2.41. The van der Waals surface area contributed by atoms with Gasteiger partial charge in [-0.2, -0.15) is 5.26 Å². The van der Waals surface area contributed by atoms with E-state index in [4.69, 9.17) is 0 Å². The fraction of sp³-hybridized carbons (Fsp3) is 0.542. The fourth-order valence-corrected chi connectivity index (χ4v) is 6.37. The molecule has 174 valence electrons. The van der Waals surface area contributed by atoms with Gasteiger partial charge in [0.2, 0.25) is 0 Å². The van der Waals surface area contributed by atoms with Crippen molar-refractivity contribution in [2.24, 2.45) is 5.41 Å². The molecule has 0 N–H and O–H groups in total. The van der Waals surface area contributed by atoms with Crippen molar-refractivity contribution < 1.29 is 13.4 Å². The van der Waals surface area contributed by atoms with Crippen molar-refractivity contribution >= 4 is 33.5 Å². The van der Waals surface area contributed by atoms with Crippen LogP contribution in [0.4, 0.5) is 10.1 Å². The number of halogens is 1. The van der Waals surface area contributed by atoms with E-state index < -0.39 is 11.0 Å². The average molecular weight is 470 g/mol. The van der Waals surface area contributed by atoms with Crippen molar-refractivity contribution in [3.63, 3.8) is 0 Å². The SMILES string of the molecule is CS(=O)N1CCN(C(=O)c2cnc3ccc(F)cc3c2N2CCC(C)(C#N)CC2)CC12CC2. The standard InChI is InChI=1S/C24H28FN5O2S/c1-23(15-26)7-9-28(10-8-23)21-18-13-17(25)3-4-20(18)27-14-19(21)22(31)29-11-12-30(33(2)32)24(16-29)5-6-24/h3-4,13-14H,5-12,16H2,1-2H3. The molecule has 1 spiro atoms. The van der Waals surface area contributed by atoms with E-state index in [1.54, 1.807) is 18.5 Å². The molecule has 0 radical (unpaired) electrons. The molecule has 1 aliphatic carbocycles. The van der Waals surface area contributed by atoms with E-state index >= 15 is 0 Å². The molecule has 2 aliphatic heterocycles. The molecule has 1 aromatic carbocycles. The number of fused-ring (bicyclic) bond motifs is 1. The molecule has 3 aliphatic rings. The first-order valence-electron chi connectivity index (χ1n) is 11.4. The van der Waals surface area contributed by atoms with Gasteiger partial charge in [0.15, 0.2) is 0 Å². The van der Waals surface area contributed by atoms with E-state index in [-0.39, 0.29) is 22.7 Å². The topological polar surface area (TPSA) is 80.5 Å². The summed E-state index contributed by atoms with van der Waals surface area (Å²) in [5.74, 6) is -0.491. The third-order valence-electron chi connectivity index (χ3n) is 7.50. The van der Waals surface area contributed by atoms with Gasteiger partial charge in [-0.25, -0.2) is 12.9 Å². The maximum absolute atomic E-state index is 14.3. The molecule has 5 rings (SSSR count). The monoisotopic (exact) mass is 469 g/mol. The van der Waals surface area contributed by atoms with Crippen LogP contribution in [-0.2, 0) is 11.0 Å². The molecule has 3 fully saturated rings. The quantitative estimate of drug-likeness (QED) is 0.690. The molecule has 1 aromatic heterocycles. The largest absolute Gasteiger partial charge is 0.370 e. The summed E-state index contributed by atoms with van der Waals surface area (Å²) < 4.78 is 28.4. The average Bonchev–Trinajstić information content (AvgIpc) is 3.57. The second kappa shape index (κ2) is 8.03. The highest BCUT2D eigenvalue weighted by atomic mass is 32.2. The smallest absolute Gasteiger partial charge is 0.257 e. The summed E-state index contributed by atoms with van der Waals surface area (Å²) in [7, 11) is -1.06. The van der Waals surface area contributed by atoms with Crippen molar-refractivity contribution in [3.8, 4) is 6.07 Å². The molecule has 33 heavy (non-hydrogen) atoms. The van der Waals surface area contributed by atoms with Crippen LogP contribution in [0.1, 0.15) is 43.0 Å². The molecule has 9 heteroatoms. The van der Waals surface area contributed by atoms with Gasteiger partial charge in [0.25, 0.3) is 5.91 Å². The van der Waals surface area contributed by atoms with Crippen LogP contribution in [-0.4, -0.2) is 68.8 Å². The maximum Gasteiger partial charge on any atom is 0.257 e. The molecular formula is C24H28FN5O2S. The number of anilines is 1. The van der Waals surface area contributed by atoms with Gasteiger partial charge in [-0.1, -0.05) is 0 Å². The number of piperidine rings is 1. The van der Waals surface area contributed by atoms with Crippen molar-refractivity contribution in [3.05, 3.63) is 35.8 Å². The normalized spacial score (nSPS) is 22.8. The lowest BCUT2D eigenvalue weighted by molar-refractivity contribution is 0.0608. The predicted molar refractivity (Wildman–Crippen MR) is 126 cm³/mol. The summed E-state index contributed by atoms with van der Waals surface area (Å²) in [6.45, 7) is 4.81. The van der Waals surface area contributed by atoms with E-state index in [9.17, 15) is 18.7 Å². The molecular weight excluding hydrogens is 441 g/mol. The third-order valence-corrected chi connectivity index (χ3v) is 8.69. The van der Waals surface area contributed by atoms with E-state index in [1.807, 2.05) is 16.1 Å². The number of nitrogens with zero attached hydrogens (tertiary/aromatic N) is 5. The minimum Gasteiger partial charge on any atom is -0.370 e. The first kappa shape index (κ1) is 22.2. The zero-order chi connectivity index (χ0) is 23.4. The summed E-state index contributed by atoms with van der Waals surface area (Å²) in [6.07, 6.45) is 6.54. The highest BCUT2D eigenvalue weighted by Crippen LogP contribution is 2.45. The summed E-state index contributed by atoms with van der Waals surface area (Å²) >= 11 is 0. The number of aromatic nitrogens is 1. The molecule has 2 aromatic rings. The molecule has 1 unspecified atom stereocenters. The van der Waals surface area contributed by atoms with Crippen molar-refractivity contribution in [2.45, 2.75) is 38.1 Å². The lowest BCUT2D eigenvalue weighted by atomic mass is 9.81. The Morgan fingerprint density at radius 3 is 2.55 bits per heavy atom. The molecule has 1 saturated carbocycles.